The van der Waals surface area contributed by atoms with Gasteiger partial charge in [-0.05, 0) is 0 Å². The molecule has 0 rings (SSSR count). The summed E-state index contributed by atoms with van der Waals surface area (Å²) in [4.78, 5) is 16.5. The third-order valence-electron chi connectivity index (χ3n) is 0. The van der Waals surface area contributed by atoms with Crippen LogP contribution in [-0.4, -0.2) is 23.9 Å². The first-order chi connectivity index (χ1) is 5.15. The van der Waals surface area contributed by atoms with Crippen LogP contribution in [0.5, 0.6) is 0 Å². The van der Waals surface area contributed by atoms with E-state index < -0.39 is 18.5 Å². The second-order valence-electron chi connectivity index (χ2n) is 0.734. The van der Waals surface area contributed by atoms with Gasteiger partial charge >= 0.3 is 29.4 Å². The molecular formula is H4MnN2O9. The Morgan fingerprint density at radius 1 is 1.33 bits per heavy atom. The molecule has 0 aromatic carbocycles. The standard InChI is InChI=1S/Mn.HNO3.HNO2.2H2O.2O/c;2-1(3)4;2-1-3;;;;/h;(H,2,3,4);(H,2,3);2*1H2;;/q+2;;;;;;/p-2. The van der Waals surface area contributed by atoms with Crippen molar-refractivity contribution in [1.29, 1.82) is 0 Å². The predicted octanol–water partition coefficient (Wildman–Crippen LogP) is -1.56. The van der Waals surface area contributed by atoms with Crippen LogP contribution in [0.2, 0.25) is 0 Å². The van der Waals surface area contributed by atoms with Crippen LogP contribution in [0.4, 0.5) is 0 Å². The molecular weight excluding hydrogens is 227 g/mol. The topological polar surface area (TPSA) is 188 Å². The van der Waals surface area contributed by atoms with Crippen molar-refractivity contribution in [3.8, 4) is 0 Å². The summed E-state index contributed by atoms with van der Waals surface area (Å²) in [5.74, 6) is 0. The zero-order valence-corrected chi connectivity index (χ0v) is 6.28. The molecule has 12 heavy (non-hydrogen) atoms. The van der Waals surface area contributed by atoms with E-state index >= 15 is 0 Å². The van der Waals surface area contributed by atoms with Gasteiger partial charge in [0.15, 0.2) is 5.34 Å². The molecule has 0 spiro atoms. The predicted molar refractivity (Wildman–Crippen MR) is 22.2 cm³/mol. The van der Waals surface area contributed by atoms with Crippen molar-refractivity contribution in [1.82, 2.24) is 0 Å². The van der Waals surface area contributed by atoms with Crippen LogP contribution in [-0.2, 0) is 21.0 Å². The Morgan fingerprint density at radius 3 is 1.33 bits per heavy atom. The van der Waals surface area contributed by atoms with Crippen molar-refractivity contribution in [2.24, 2.45) is 5.34 Å². The molecule has 0 atom stereocenters. The summed E-state index contributed by atoms with van der Waals surface area (Å²) in [6.45, 7) is 0. The Balaban J connectivity index is -0.000000105. The summed E-state index contributed by atoms with van der Waals surface area (Å²) >= 11 is -5.12. The van der Waals surface area contributed by atoms with Crippen molar-refractivity contribution >= 4 is 0 Å². The van der Waals surface area contributed by atoms with E-state index in [0.717, 1.165) is 0 Å². The van der Waals surface area contributed by atoms with Gasteiger partial charge in [-0.15, -0.1) is 15.0 Å². The molecule has 0 amide bonds. The fraction of sp³-hybridized carbons (Fsp3) is 0. The zero-order valence-electron chi connectivity index (χ0n) is 5.10. The van der Waals surface area contributed by atoms with Gasteiger partial charge in [-0.2, -0.15) is 0 Å². The maximum absolute atomic E-state index is 8.80. The second kappa shape index (κ2) is 9.64. The van der Waals surface area contributed by atoms with Crippen LogP contribution in [0.25, 0.3) is 0 Å². The molecule has 0 aliphatic heterocycles. The molecule has 4 N–H and O–H groups in total. The van der Waals surface area contributed by atoms with Gasteiger partial charge in [0.1, 0.15) is 0 Å². The van der Waals surface area contributed by atoms with Gasteiger partial charge in [0, 0.05) is 0 Å². The Hall–Kier alpha value is -1.36. The molecule has 0 unspecified atom stereocenters. The van der Waals surface area contributed by atoms with Crippen molar-refractivity contribution in [3.63, 3.8) is 0 Å². The second-order valence-corrected chi connectivity index (χ2v) is 2.03. The van der Waals surface area contributed by atoms with Gasteiger partial charge in [0.05, 0.1) is 0 Å². The van der Waals surface area contributed by atoms with E-state index in [4.69, 9.17) is 41.5 Å². The molecule has 75 valence electrons. The Labute approximate surface area is 66.2 Å². The van der Waals surface area contributed by atoms with E-state index in [-0.39, 0.29) is 0 Å². The number of rotatable bonds is 0. The number of hydrogen-bond acceptors (Lipinski definition) is 6. The van der Waals surface area contributed by atoms with E-state index in [1.807, 2.05) is 0 Å². The van der Waals surface area contributed by atoms with Crippen LogP contribution >= 0.6 is 0 Å². The van der Waals surface area contributed by atoms with Crippen LogP contribution in [0.1, 0.15) is 0 Å². The minimum absolute atomic E-state index is 1.25. The monoisotopic (exact) mass is 231 g/mol. The maximum atomic E-state index is 8.80. The molecule has 0 aromatic heterocycles. The van der Waals surface area contributed by atoms with Crippen LogP contribution in [0.3, 0.4) is 0 Å². The van der Waals surface area contributed by atoms with E-state index in [1.54, 1.807) is 0 Å². The van der Waals surface area contributed by atoms with Gasteiger partial charge in [-0.25, -0.2) is 0 Å². The quantitative estimate of drug-likeness (QED) is 0.165. The number of hydrogen-bond donors (Lipinski definition) is 4. The van der Waals surface area contributed by atoms with E-state index in [0.29, 0.717) is 0 Å². The third-order valence-corrected chi connectivity index (χ3v) is 0. The first-order valence-electron chi connectivity index (χ1n) is 1.59. The van der Waals surface area contributed by atoms with Gasteiger partial charge < -0.3 is 10.4 Å². The summed E-state index contributed by atoms with van der Waals surface area (Å²) in [5, 5.41) is 21.5. The molecule has 0 saturated heterocycles. The molecule has 0 fully saturated rings. The van der Waals surface area contributed by atoms with Crippen molar-refractivity contribution < 1.29 is 44.9 Å². The first kappa shape index (κ1) is 16.9. The Morgan fingerprint density at radius 2 is 1.33 bits per heavy atom. The summed E-state index contributed by atoms with van der Waals surface area (Å²) < 4.78 is 31.8. The van der Waals surface area contributed by atoms with E-state index in [1.165, 1.54) is 5.34 Å². The molecule has 0 aromatic rings. The average molecular weight is 231 g/mol. The van der Waals surface area contributed by atoms with E-state index in [2.05, 4.69) is 0 Å². The zero-order chi connectivity index (χ0) is 10.8. The first-order valence-corrected chi connectivity index (χ1v) is 3.61. The molecule has 0 saturated carbocycles. The summed E-state index contributed by atoms with van der Waals surface area (Å²) in [6.07, 6.45) is 0. The van der Waals surface area contributed by atoms with Crippen LogP contribution in [0.15, 0.2) is 5.34 Å². The van der Waals surface area contributed by atoms with Gasteiger partial charge in [0.2, 0.25) is 0 Å². The average Bonchev–Trinajstić information content (AvgIpc) is 1.56. The SMILES string of the molecule is O=NO.O=[N+]([O-])O.[O]=[Mn](=[O])([OH])[OH]. The summed E-state index contributed by atoms with van der Waals surface area (Å²) in [6, 6.07) is 0. The van der Waals surface area contributed by atoms with Gasteiger partial charge in [-0.3, -0.25) is 0 Å². The summed E-state index contributed by atoms with van der Waals surface area (Å²) in [7, 11) is 0. The molecule has 12 heteroatoms. The molecule has 11 nitrogen and oxygen atoms in total. The third kappa shape index (κ3) is 272. The molecule has 0 radical (unpaired) electrons. The fourth-order valence-electron chi connectivity index (χ4n) is 0. The Kier molecular flexibility index (Phi) is 13.6. The normalized spacial score (nSPS) is 7.83. The van der Waals surface area contributed by atoms with Crippen molar-refractivity contribution in [3.05, 3.63) is 15.0 Å². The van der Waals surface area contributed by atoms with Gasteiger partial charge in [-0.1, -0.05) is 0 Å². The van der Waals surface area contributed by atoms with Crippen LogP contribution in [0, 0.1) is 15.0 Å². The molecule has 0 aliphatic rings. The van der Waals surface area contributed by atoms with Crippen molar-refractivity contribution in [2.45, 2.75) is 0 Å². The van der Waals surface area contributed by atoms with Crippen LogP contribution < -0.4 is 0 Å². The molecule has 0 bridgehead atoms. The molecule has 0 heterocycles. The minimum atomic E-state index is -5.12. The van der Waals surface area contributed by atoms with Gasteiger partial charge in [0.25, 0.3) is 5.09 Å². The Bertz CT molecular complexity index is 189. The molecule has 0 aliphatic carbocycles. The number of nitrogens with zero attached hydrogens (tertiary/aromatic N) is 2. The summed E-state index contributed by atoms with van der Waals surface area (Å²) in [5.41, 5.74) is 0. The van der Waals surface area contributed by atoms with Crippen molar-refractivity contribution in [2.75, 3.05) is 0 Å². The van der Waals surface area contributed by atoms with E-state index in [9.17, 15) is 0 Å². The fourth-order valence-corrected chi connectivity index (χ4v) is 0.